The van der Waals surface area contributed by atoms with Gasteiger partial charge < -0.3 is 0 Å². The molecule has 8 aromatic rings. The third-order valence-electron chi connectivity index (χ3n) is 9.05. The number of rotatable bonds is 0. The molecule has 36 heavy (non-hydrogen) atoms. The van der Waals surface area contributed by atoms with Crippen LogP contribution >= 0.6 is 0 Å². The van der Waals surface area contributed by atoms with Crippen molar-refractivity contribution in [1.29, 1.82) is 0 Å². The Morgan fingerprint density at radius 2 is 1.19 bits per heavy atom. The van der Waals surface area contributed by atoms with Gasteiger partial charge in [0.2, 0.25) is 0 Å². The van der Waals surface area contributed by atoms with Gasteiger partial charge in [0.1, 0.15) is 0 Å². The zero-order valence-corrected chi connectivity index (χ0v) is 20.9. The van der Waals surface area contributed by atoms with Gasteiger partial charge in [-0.05, 0) is 102 Å². The summed E-state index contributed by atoms with van der Waals surface area (Å²) < 4.78 is 0. The first-order chi connectivity index (χ1) is 17.5. The lowest BCUT2D eigenvalue weighted by Gasteiger charge is -2.27. The van der Waals surface area contributed by atoms with Gasteiger partial charge in [0.15, 0.2) is 16.9 Å². The lowest BCUT2D eigenvalue weighted by molar-refractivity contribution is 1.20. The molecular weight excluding hydrogens is 440 g/mol. The Bertz CT molecular complexity index is 2320. The van der Waals surface area contributed by atoms with Crippen LogP contribution < -0.4 is 0 Å². The van der Waals surface area contributed by atoms with E-state index in [4.69, 9.17) is 19.9 Å². The molecule has 170 valence electrons. The van der Waals surface area contributed by atoms with Crippen LogP contribution in [0.4, 0.5) is 0 Å². The van der Waals surface area contributed by atoms with Gasteiger partial charge in [-0.15, -0.1) is 0 Å². The fourth-order valence-electron chi connectivity index (χ4n) is 7.68. The molecule has 0 saturated carbocycles. The SMILES string of the molecule is CC1=CCc2cnc3nc4nc5ncc6ccc(C)c7c(C)c8c(C)c9c(C)c1c2c3c9c4c8c5c67. The van der Waals surface area contributed by atoms with E-state index in [1.807, 2.05) is 12.4 Å². The van der Waals surface area contributed by atoms with Crippen molar-refractivity contribution in [1.82, 2.24) is 19.9 Å². The van der Waals surface area contributed by atoms with Crippen LogP contribution in [0, 0.1) is 27.7 Å². The second-order valence-corrected chi connectivity index (χ2v) is 10.8. The standard InChI is InChI=1S/C32H22N4/c1-12-6-8-17-10-33-30-27-23(17)19(12)14(3)21-16(5)22-15(4)20-13(2)7-9-18-11-34-31-28(24(18)20)26(22)29(25(21)27)32(35-30)36-31/h6-8,10-11H,9H2,1-5H3. The lowest BCUT2D eigenvalue weighted by Crippen LogP contribution is -2.07. The van der Waals surface area contributed by atoms with Gasteiger partial charge in [-0.3, -0.25) is 0 Å². The molecule has 4 aromatic carbocycles. The average molecular weight is 463 g/mol. The van der Waals surface area contributed by atoms with E-state index < -0.39 is 0 Å². The Kier molecular flexibility index (Phi) is 3.06. The number of hydrogen-bond acceptors (Lipinski definition) is 4. The van der Waals surface area contributed by atoms with Crippen molar-refractivity contribution in [3.63, 3.8) is 0 Å². The van der Waals surface area contributed by atoms with E-state index in [0.717, 1.165) is 23.4 Å². The molecule has 0 fully saturated rings. The average Bonchev–Trinajstić information content (AvgIpc) is 2.87. The van der Waals surface area contributed by atoms with E-state index in [1.165, 1.54) is 98.2 Å². The summed E-state index contributed by atoms with van der Waals surface area (Å²) >= 11 is 0. The van der Waals surface area contributed by atoms with Gasteiger partial charge in [-0.1, -0.05) is 18.2 Å². The minimum absolute atomic E-state index is 0.755. The second kappa shape index (κ2) is 5.79. The van der Waals surface area contributed by atoms with Crippen molar-refractivity contribution in [2.75, 3.05) is 0 Å². The topological polar surface area (TPSA) is 51.6 Å². The van der Waals surface area contributed by atoms with Crippen LogP contribution in [0.15, 0.2) is 30.6 Å². The monoisotopic (exact) mass is 462 g/mol. The quantitative estimate of drug-likeness (QED) is 0.170. The van der Waals surface area contributed by atoms with Crippen LogP contribution in [0.5, 0.6) is 0 Å². The van der Waals surface area contributed by atoms with E-state index in [9.17, 15) is 0 Å². The van der Waals surface area contributed by atoms with Gasteiger partial charge in [0, 0.05) is 50.1 Å². The highest BCUT2D eigenvalue weighted by molar-refractivity contribution is 6.42. The van der Waals surface area contributed by atoms with Gasteiger partial charge in [0.25, 0.3) is 0 Å². The van der Waals surface area contributed by atoms with Crippen molar-refractivity contribution in [3.05, 3.63) is 64.0 Å². The van der Waals surface area contributed by atoms with E-state index in [-0.39, 0.29) is 0 Å². The predicted octanol–water partition coefficient (Wildman–Crippen LogP) is 7.85. The highest BCUT2D eigenvalue weighted by Gasteiger charge is 2.29. The number of pyridine rings is 4. The molecule has 0 aliphatic heterocycles. The molecule has 0 atom stereocenters. The molecular formula is C32H22N4. The van der Waals surface area contributed by atoms with Crippen LogP contribution in [0.25, 0.3) is 81.8 Å². The maximum absolute atomic E-state index is 5.10. The summed E-state index contributed by atoms with van der Waals surface area (Å²) in [4.78, 5) is 19.9. The minimum Gasteiger partial charge on any atom is -0.236 e. The first-order valence-electron chi connectivity index (χ1n) is 12.6. The maximum Gasteiger partial charge on any atom is 0.165 e. The lowest BCUT2D eigenvalue weighted by atomic mass is 9.78. The minimum atomic E-state index is 0.755. The largest absolute Gasteiger partial charge is 0.236 e. The molecule has 4 nitrogen and oxygen atoms in total. The highest BCUT2D eigenvalue weighted by Crippen LogP contribution is 2.52. The van der Waals surface area contributed by atoms with Crippen LogP contribution in [-0.4, -0.2) is 19.9 Å². The first-order valence-corrected chi connectivity index (χ1v) is 12.6. The van der Waals surface area contributed by atoms with Gasteiger partial charge in [0.05, 0.1) is 0 Å². The Hall–Kier alpha value is -4.18. The summed E-state index contributed by atoms with van der Waals surface area (Å²) in [7, 11) is 0. The fraction of sp³-hybridized carbons (Fsp3) is 0.188. The highest BCUT2D eigenvalue weighted by atomic mass is 14.9. The van der Waals surface area contributed by atoms with Gasteiger partial charge in [-0.2, -0.15) is 0 Å². The molecule has 4 heteroatoms. The normalized spacial score (nSPS) is 14.3. The van der Waals surface area contributed by atoms with E-state index in [1.54, 1.807) is 0 Å². The number of aryl methyl sites for hydroxylation is 4. The summed E-state index contributed by atoms with van der Waals surface area (Å²) in [6, 6.07) is 4.42. The third-order valence-corrected chi connectivity index (χ3v) is 9.05. The molecule has 0 N–H and O–H groups in total. The summed E-state index contributed by atoms with van der Waals surface area (Å²) in [5, 5.41) is 13.9. The molecule has 0 amide bonds. The second-order valence-electron chi connectivity index (χ2n) is 10.8. The molecule has 1 aliphatic rings. The van der Waals surface area contributed by atoms with E-state index in [0.29, 0.717) is 0 Å². The van der Waals surface area contributed by atoms with Crippen molar-refractivity contribution in [2.24, 2.45) is 0 Å². The molecule has 0 bridgehead atoms. The number of hydrogen-bond donors (Lipinski definition) is 0. The van der Waals surface area contributed by atoms with E-state index in [2.05, 4.69) is 52.8 Å². The van der Waals surface area contributed by atoms with Crippen molar-refractivity contribution >= 4 is 81.8 Å². The summed E-state index contributed by atoms with van der Waals surface area (Å²) in [5.74, 6) is 0. The molecule has 0 radical (unpaired) electrons. The Morgan fingerprint density at radius 3 is 1.97 bits per heavy atom. The molecule has 0 unspecified atom stereocenters. The number of aromatic nitrogens is 4. The van der Waals surface area contributed by atoms with Crippen LogP contribution in [-0.2, 0) is 6.42 Å². The zero-order chi connectivity index (χ0) is 24.2. The summed E-state index contributed by atoms with van der Waals surface area (Å²) in [5.41, 5.74) is 11.7. The summed E-state index contributed by atoms with van der Waals surface area (Å²) in [6.45, 7) is 11.4. The maximum atomic E-state index is 5.10. The molecule has 4 aromatic heterocycles. The van der Waals surface area contributed by atoms with Crippen LogP contribution in [0.2, 0.25) is 0 Å². The molecule has 9 rings (SSSR count). The Morgan fingerprint density at radius 1 is 0.556 bits per heavy atom. The van der Waals surface area contributed by atoms with Gasteiger partial charge >= 0.3 is 0 Å². The number of allylic oxidation sites excluding steroid dienone is 2. The van der Waals surface area contributed by atoms with Crippen LogP contribution in [0.3, 0.4) is 0 Å². The fourth-order valence-corrected chi connectivity index (χ4v) is 7.68. The van der Waals surface area contributed by atoms with Crippen LogP contribution in [0.1, 0.15) is 40.3 Å². The molecule has 0 saturated heterocycles. The van der Waals surface area contributed by atoms with Crippen molar-refractivity contribution in [3.8, 4) is 0 Å². The number of nitrogens with zero attached hydrogens (tertiary/aromatic N) is 4. The van der Waals surface area contributed by atoms with Gasteiger partial charge in [-0.25, -0.2) is 19.9 Å². The molecule has 0 spiro atoms. The Labute approximate surface area is 206 Å². The summed E-state index contributed by atoms with van der Waals surface area (Å²) in [6.07, 6.45) is 7.25. The molecule has 4 heterocycles. The van der Waals surface area contributed by atoms with Crippen molar-refractivity contribution in [2.45, 2.75) is 41.0 Å². The molecule has 1 aliphatic carbocycles. The van der Waals surface area contributed by atoms with Crippen molar-refractivity contribution < 1.29 is 0 Å². The zero-order valence-electron chi connectivity index (χ0n) is 20.9. The van der Waals surface area contributed by atoms with E-state index >= 15 is 0 Å². The first kappa shape index (κ1) is 19.1. The Balaban J connectivity index is 1.76. The number of benzene rings is 4. The third kappa shape index (κ3) is 1.85. The predicted molar refractivity (Wildman–Crippen MR) is 150 cm³/mol. The smallest absolute Gasteiger partial charge is 0.165 e.